The van der Waals surface area contributed by atoms with Crippen molar-refractivity contribution in [2.45, 2.75) is 19.9 Å². The molecule has 3 heteroatoms. The van der Waals surface area contributed by atoms with Gasteiger partial charge in [0.1, 0.15) is 6.26 Å². The second-order valence-corrected chi connectivity index (χ2v) is 2.84. The molecule has 1 aromatic rings. The first kappa shape index (κ1) is 9.00. The fraction of sp³-hybridized carbons (Fsp3) is 0.444. The number of carbonyl (C=O) groups excluding carboxylic acids is 1. The van der Waals surface area contributed by atoms with Gasteiger partial charge in [-0.1, -0.05) is 0 Å². The molecule has 1 unspecified atom stereocenters. The summed E-state index contributed by atoms with van der Waals surface area (Å²) < 4.78 is 4.91. The quantitative estimate of drug-likeness (QED) is 0.691. The monoisotopic (exact) mass is 167 g/mol. The van der Waals surface area contributed by atoms with Crippen molar-refractivity contribution in [3.05, 3.63) is 23.7 Å². The third kappa shape index (κ3) is 1.56. The number of aryl methyl sites for hydroxylation is 1. The van der Waals surface area contributed by atoms with Gasteiger partial charge >= 0.3 is 0 Å². The zero-order valence-corrected chi connectivity index (χ0v) is 7.55. The van der Waals surface area contributed by atoms with Crippen LogP contribution in [0.25, 0.3) is 0 Å². The lowest BCUT2D eigenvalue weighted by atomic mass is 10.1. The number of nitrogens with one attached hydrogen (secondary N) is 1. The lowest BCUT2D eigenvalue weighted by Gasteiger charge is -2.06. The minimum atomic E-state index is -0.152. The van der Waals surface area contributed by atoms with Crippen molar-refractivity contribution in [3.63, 3.8) is 0 Å². The molecule has 0 spiro atoms. The summed E-state index contributed by atoms with van der Waals surface area (Å²) >= 11 is 0. The van der Waals surface area contributed by atoms with Gasteiger partial charge in [-0.3, -0.25) is 4.79 Å². The highest BCUT2D eigenvalue weighted by Gasteiger charge is 2.16. The first-order chi connectivity index (χ1) is 5.66. The highest BCUT2D eigenvalue weighted by Crippen LogP contribution is 2.10. The van der Waals surface area contributed by atoms with Crippen molar-refractivity contribution in [3.8, 4) is 0 Å². The zero-order valence-electron chi connectivity index (χ0n) is 7.55. The number of carbonyl (C=O) groups is 1. The first-order valence-electron chi connectivity index (χ1n) is 3.91. The van der Waals surface area contributed by atoms with E-state index in [-0.39, 0.29) is 11.8 Å². The van der Waals surface area contributed by atoms with Crippen LogP contribution in [-0.4, -0.2) is 18.9 Å². The molecule has 0 amide bonds. The zero-order chi connectivity index (χ0) is 9.14. The third-order valence-electron chi connectivity index (χ3n) is 1.95. The maximum Gasteiger partial charge on any atom is 0.182 e. The largest absolute Gasteiger partial charge is 0.472 e. The number of ketones is 1. The first-order valence-corrected chi connectivity index (χ1v) is 3.91. The van der Waals surface area contributed by atoms with Crippen LogP contribution in [-0.2, 0) is 0 Å². The van der Waals surface area contributed by atoms with Gasteiger partial charge in [0, 0.05) is 0 Å². The summed E-state index contributed by atoms with van der Waals surface area (Å²) in [5.74, 6) is 0.0729. The van der Waals surface area contributed by atoms with Crippen LogP contribution < -0.4 is 5.32 Å². The van der Waals surface area contributed by atoms with Crippen molar-refractivity contribution in [2.24, 2.45) is 0 Å². The Morgan fingerprint density at radius 2 is 2.25 bits per heavy atom. The van der Waals surface area contributed by atoms with Gasteiger partial charge in [0.05, 0.1) is 17.9 Å². The van der Waals surface area contributed by atoms with E-state index in [2.05, 4.69) is 5.32 Å². The lowest BCUT2D eigenvalue weighted by Crippen LogP contribution is -2.30. The van der Waals surface area contributed by atoms with Crippen LogP contribution in [0.15, 0.2) is 16.9 Å². The van der Waals surface area contributed by atoms with Gasteiger partial charge in [0.15, 0.2) is 5.78 Å². The molecule has 1 heterocycles. The predicted molar refractivity (Wildman–Crippen MR) is 46.3 cm³/mol. The van der Waals surface area contributed by atoms with E-state index < -0.39 is 0 Å². The van der Waals surface area contributed by atoms with E-state index >= 15 is 0 Å². The Morgan fingerprint density at radius 3 is 2.67 bits per heavy atom. The van der Waals surface area contributed by atoms with Crippen molar-refractivity contribution < 1.29 is 9.21 Å². The van der Waals surface area contributed by atoms with Crippen LogP contribution >= 0.6 is 0 Å². The molecule has 0 saturated heterocycles. The molecule has 0 aliphatic heterocycles. The molecule has 12 heavy (non-hydrogen) atoms. The summed E-state index contributed by atoms with van der Waals surface area (Å²) in [6.07, 6.45) is 3.07. The van der Waals surface area contributed by atoms with E-state index in [1.807, 2.05) is 13.8 Å². The molecular weight excluding hydrogens is 154 g/mol. The van der Waals surface area contributed by atoms with E-state index in [0.29, 0.717) is 5.56 Å². The van der Waals surface area contributed by atoms with E-state index in [0.717, 1.165) is 5.56 Å². The summed E-state index contributed by atoms with van der Waals surface area (Å²) in [5, 5.41) is 2.89. The normalized spacial score (nSPS) is 12.9. The van der Waals surface area contributed by atoms with Gasteiger partial charge in [-0.25, -0.2) is 0 Å². The van der Waals surface area contributed by atoms with Crippen LogP contribution in [0.3, 0.4) is 0 Å². The van der Waals surface area contributed by atoms with E-state index in [9.17, 15) is 4.79 Å². The van der Waals surface area contributed by atoms with Crippen molar-refractivity contribution in [1.29, 1.82) is 0 Å². The van der Waals surface area contributed by atoms with Crippen molar-refractivity contribution in [2.75, 3.05) is 7.05 Å². The van der Waals surface area contributed by atoms with Gasteiger partial charge in [0.2, 0.25) is 0 Å². The Bertz CT molecular complexity index is 278. The number of hydrogen-bond donors (Lipinski definition) is 1. The van der Waals surface area contributed by atoms with E-state index in [1.54, 1.807) is 13.3 Å². The van der Waals surface area contributed by atoms with Crippen LogP contribution in [0, 0.1) is 6.92 Å². The molecule has 3 nitrogen and oxygen atoms in total. The second-order valence-electron chi connectivity index (χ2n) is 2.84. The summed E-state index contributed by atoms with van der Waals surface area (Å²) in [5.41, 5.74) is 1.55. The molecular formula is C9H13NO2. The number of likely N-dealkylation sites (N-methyl/N-ethyl adjacent to an activating group) is 1. The molecule has 1 rings (SSSR count). The average molecular weight is 167 g/mol. The smallest absolute Gasteiger partial charge is 0.182 e. The fourth-order valence-electron chi connectivity index (χ4n) is 0.977. The van der Waals surface area contributed by atoms with E-state index in [4.69, 9.17) is 4.42 Å². The Labute approximate surface area is 71.8 Å². The van der Waals surface area contributed by atoms with Gasteiger partial charge < -0.3 is 9.73 Å². The number of furan rings is 1. The number of hydrogen-bond acceptors (Lipinski definition) is 3. The highest BCUT2D eigenvalue weighted by molar-refractivity contribution is 6.00. The number of rotatable bonds is 3. The second kappa shape index (κ2) is 3.54. The molecule has 0 bridgehead atoms. The van der Waals surface area contributed by atoms with Crippen LogP contribution in [0.5, 0.6) is 0 Å². The lowest BCUT2D eigenvalue weighted by molar-refractivity contribution is 0.0954. The van der Waals surface area contributed by atoms with Gasteiger partial charge in [0.25, 0.3) is 0 Å². The SMILES string of the molecule is CNC(C)C(=O)c1cocc1C. The molecule has 0 aliphatic rings. The van der Waals surface area contributed by atoms with Gasteiger partial charge in [-0.2, -0.15) is 0 Å². The van der Waals surface area contributed by atoms with Crippen molar-refractivity contribution in [1.82, 2.24) is 5.32 Å². The topological polar surface area (TPSA) is 42.2 Å². The Kier molecular flexibility index (Phi) is 2.65. The average Bonchev–Trinajstić information content (AvgIpc) is 2.48. The molecule has 0 saturated carbocycles. The van der Waals surface area contributed by atoms with Crippen molar-refractivity contribution >= 4 is 5.78 Å². The molecule has 0 fully saturated rings. The molecule has 66 valence electrons. The van der Waals surface area contributed by atoms with E-state index in [1.165, 1.54) is 6.26 Å². The molecule has 0 radical (unpaired) electrons. The van der Waals surface area contributed by atoms with Gasteiger partial charge in [-0.15, -0.1) is 0 Å². The number of Topliss-reactive ketones (excluding diaryl/α,β-unsaturated/α-hetero) is 1. The van der Waals surface area contributed by atoms with Crippen LogP contribution in [0.1, 0.15) is 22.8 Å². The minimum absolute atomic E-state index is 0.0729. The minimum Gasteiger partial charge on any atom is -0.472 e. The summed E-state index contributed by atoms with van der Waals surface area (Å²) in [6.45, 7) is 3.69. The summed E-state index contributed by atoms with van der Waals surface area (Å²) in [4.78, 5) is 11.5. The summed E-state index contributed by atoms with van der Waals surface area (Å²) in [6, 6.07) is -0.152. The molecule has 1 N–H and O–H groups in total. The molecule has 0 aliphatic carbocycles. The van der Waals surface area contributed by atoms with Gasteiger partial charge in [-0.05, 0) is 26.5 Å². The van der Waals surface area contributed by atoms with Crippen LogP contribution in [0.4, 0.5) is 0 Å². The molecule has 1 atom stereocenters. The third-order valence-corrected chi connectivity index (χ3v) is 1.95. The fourth-order valence-corrected chi connectivity index (χ4v) is 0.977. The molecule has 0 aromatic carbocycles. The maximum atomic E-state index is 11.5. The standard InChI is InChI=1S/C9H13NO2/c1-6-4-12-5-8(6)9(11)7(2)10-3/h4-5,7,10H,1-3H3. The molecule has 1 aromatic heterocycles. The predicted octanol–water partition coefficient (Wildman–Crippen LogP) is 1.38. The Morgan fingerprint density at radius 1 is 1.58 bits per heavy atom. The Balaban J connectivity index is 2.85. The summed E-state index contributed by atoms with van der Waals surface area (Å²) in [7, 11) is 1.76. The van der Waals surface area contributed by atoms with Crippen LogP contribution in [0.2, 0.25) is 0 Å². The Hall–Kier alpha value is -1.09. The highest BCUT2D eigenvalue weighted by atomic mass is 16.3. The maximum absolute atomic E-state index is 11.5.